The summed E-state index contributed by atoms with van der Waals surface area (Å²) in [6, 6.07) is 16.3. The molecular formula is C25H26N6O. The minimum atomic E-state index is -0.333. The molecule has 3 aromatic rings. The second-order valence-corrected chi connectivity index (χ2v) is 7.49. The minimum Gasteiger partial charge on any atom is -0.311 e. The van der Waals surface area contributed by atoms with Crippen LogP contribution in [-0.2, 0) is 13.1 Å². The van der Waals surface area contributed by atoms with Gasteiger partial charge in [0.2, 0.25) is 0 Å². The van der Waals surface area contributed by atoms with Crippen LogP contribution in [0.3, 0.4) is 0 Å². The molecular weight excluding hydrogens is 400 g/mol. The third-order valence-electron chi connectivity index (χ3n) is 5.33. The van der Waals surface area contributed by atoms with Crippen LogP contribution in [-0.4, -0.2) is 29.1 Å². The lowest BCUT2D eigenvalue weighted by atomic mass is 10.1. The average molecular weight is 427 g/mol. The van der Waals surface area contributed by atoms with Gasteiger partial charge in [0, 0.05) is 0 Å². The molecule has 1 aromatic heterocycles. The maximum absolute atomic E-state index is 12.7. The highest BCUT2D eigenvalue weighted by molar-refractivity contribution is 5.85. The Morgan fingerprint density at radius 2 is 1.72 bits per heavy atom. The number of hydrogen-bond acceptors (Lipinski definition) is 5. The standard InChI is InChI=1S/C23H20N6O.C2H6/c1-15-6-5-8-17(10-15)11-29-22-20(27-23(29)30)19-21(24-13-25-22)28(14-26-19)12-18-9-4-3-7-16(18)2;1-2/h3-10,13-14H,11-12H2,1-2H3;1-2H3. The Bertz CT molecular complexity index is 1400. The normalized spacial score (nSPS) is 10.9. The highest BCUT2D eigenvalue weighted by Gasteiger charge is 2.21. The highest BCUT2D eigenvalue weighted by Crippen LogP contribution is 2.24. The predicted molar refractivity (Wildman–Crippen MR) is 126 cm³/mol. The molecule has 2 aromatic carbocycles. The molecule has 2 aliphatic rings. The summed E-state index contributed by atoms with van der Waals surface area (Å²) in [6.45, 7) is 9.15. The minimum absolute atomic E-state index is 0.333. The van der Waals surface area contributed by atoms with E-state index in [1.807, 2.05) is 55.7 Å². The van der Waals surface area contributed by atoms with Gasteiger partial charge in [0.05, 0.1) is 19.4 Å². The fourth-order valence-corrected chi connectivity index (χ4v) is 3.75. The molecule has 0 spiro atoms. The van der Waals surface area contributed by atoms with Crippen molar-refractivity contribution in [3.63, 3.8) is 0 Å². The number of fused-ring (bicyclic) bond motifs is 3. The molecule has 0 radical (unpaired) electrons. The molecule has 32 heavy (non-hydrogen) atoms. The van der Waals surface area contributed by atoms with Gasteiger partial charge < -0.3 is 4.57 Å². The zero-order valence-electron chi connectivity index (χ0n) is 18.8. The van der Waals surface area contributed by atoms with Crippen molar-refractivity contribution in [2.24, 2.45) is 0 Å². The number of aryl methyl sites for hydroxylation is 2. The van der Waals surface area contributed by atoms with Crippen molar-refractivity contribution < 1.29 is 0 Å². The molecule has 0 amide bonds. The summed E-state index contributed by atoms with van der Waals surface area (Å²) in [6.07, 6.45) is 3.22. The quantitative estimate of drug-likeness (QED) is 0.430. The van der Waals surface area contributed by atoms with Crippen molar-refractivity contribution in [2.45, 2.75) is 40.8 Å². The lowest BCUT2D eigenvalue weighted by Gasteiger charge is -2.06. The molecule has 0 bridgehead atoms. The van der Waals surface area contributed by atoms with Gasteiger partial charge in [-0.3, -0.25) is 4.57 Å². The van der Waals surface area contributed by atoms with Crippen molar-refractivity contribution in [3.8, 4) is 11.5 Å². The molecule has 7 heteroatoms. The van der Waals surface area contributed by atoms with Gasteiger partial charge in [0.1, 0.15) is 17.5 Å². The van der Waals surface area contributed by atoms with Crippen molar-refractivity contribution in [1.82, 2.24) is 29.1 Å². The summed E-state index contributed by atoms with van der Waals surface area (Å²) in [5.41, 5.74) is 5.92. The van der Waals surface area contributed by atoms with Gasteiger partial charge in [0.15, 0.2) is 11.5 Å². The van der Waals surface area contributed by atoms with E-state index in [9.17, 15) is 4.79 Å². The number of nitrogens with zero attached hydrogens (tertiary/aromatic N) is 6. The van der Waals surface area contributed by atoms with Crippen LogP contribution in [0, 0.1) is 13.8 Å². The SMILES string of the molecule is CC.Cc1cccc(Cn2c3ncnc4c(ncn4Cc4ccccc4C)c-3nc2=O)c1. The molecule has 0 unspecified atom stereocenters. The first-order valence-corrected chi connectivity index (χ1v) is 10.8. The number of hydrogen-bond donors (Lipinski definition) is 0. The molecule has 0 saturated heterocycles. The van der Waals surface area contributed by atoms with Gasteiger partial charge in [-0.25, -0.2) is 19.7 Å². The zero-order valence-corrected chi connectivity index (χ0v) is 18.8. The molecule has 5 rings (SSSR count). The summed E-state index contributed by atoms with van der Waals surface area (Å²) in [5.74, 6) is 0.491. The van der Waals surface area contributed by atoms with Crippen LogP contribution in [0.2, 0.25) is 0 Å². The Morgan fingerprint density at radius 3 is 2.50 bits per heavy atom. The number of imidazole rings is 2. The molecule has 2 aliphatic heterocycles. The van der Waals surface area contributed by atoms with Gasteiger partial charge in [-0.15, -0.1) is 0 Å². The topological polar surface area (TPSA) is 78.5 Å². The Morgan fingerprint density at radius 1 is 0.906 bits per heavy atom. The molecule has 0 saturated carbocycles. The molecule has 7 nitrogen and oxygen atoms in total. The van der Waals surface area contributed by atoms with Crippen LogP contribution in [0.25, 0.3) is 22.7 Å². The van der Waals surface area contributed by atoms with Gasteiger partial charge in [-0.2, -0.15) is 4.98 Å². The van der Waals surface area contributed by atoms with Crippen LogP contribution in [0.5, 0.6) is 0 Å². The second-order valence-electron chi connectivity index (χ2n) is 7.49. The summed E-state index contributed by atoms with van der Waals surface area (Å²) < 4.78 is 3.54. The maximum atomic E-state index is 12.7. The maximum Gasteiger partial charge on any atom is 0.350 e. The van der Waals surface area contributed by atoms with E-state index in [4.69, 9.17) is 0 Å². The summed E-state index contributed by atoms with van der Waals surface area (Å²) in [4.78, 5) is 30.4. The monoisotopic (exact) mass is 426 g/mol. The van der Waals surface area contributed by atoms with E-state index in [0.717, 1.165) is 11.1 Å². The predicted octanol–water partition coefficient (Wildman–Crippen LogP) is 4.23. The first-order chi connectivity index (χ1) is 15.6. The van der Waals surface area contributed by atoms with Crippen LogP contribution in [0.15, 0.2) is 66.0 Å². The van der Waals surface area contributed by atoms with E-state index in [2.05, 4.69) is 45.1 Å². The molecule has 0 aliphatic carbocycles. The number of aromatic nitrogens is 6. The summed E-state index contributed by atoms with van der Waals surface area (Å²) >= 11 is 0. The van der Waals surface area contributed by atoms with Crippen LogP contribution < -0.4 is 5.69 Å². The molecule has 162 valence electrons. The van der Waals surface area contributed by atoms with Gasteiger partial charge >= 0.3 is 5.69 Å². The van der Waals surface area contributed by atoms with Crippen molar-refractivity contribution in [3.05, 3.63) is 93.9 Å². The van der Waals surface area contributed by atoms with E-state index in [1.54, 1.807) is 10.9 Å². The van der Waals surface area contributed by atoms with Crippen LogP contribution in [0.1, 0.15) is 36.1 Å². The van der Waals surface area contributed by atoms with Crippen LogP contribution >= 0.6 is 0 Å². The zero-order chi connectivity index (χ0) is 22.7. The summed E-state index contributed by atoms with van der Waals surface area (Å²) in [5, 5.41) is 0. The summed E-state index contributed by atoms with van der Waals surface area (Å²) in [7, 11) is 0. The van der Waals surface area contributed by atoms with Crippen LogP contribution in [0.4, 0.5) is 0 Å². The molecule has 0 N–H and O–H groups in total. The van der Waals surface area contributed by atoms with E-state index < -0.39 is 0 Å². The Kier molecular flexibility index (Phi) is 6.07. The fourth-order valence-electron chi connectivity index (χ4n) is 3.75. The van der Waals surface area contributed by atoms with Crippen molar-refractivity contribution in [1.29, 1.82) is 0 Å². The van der Waals surface area contributed by atoms with Gasteiger partial charge in [0.25, 0.3) is 0 Å². The third-order valence-corrected chi connectivity index (χ3v) is 5.33. The lowest BCUT2D eigenvalue weighted by Crippen LogP contribution is -2.17. The smallest absolute Gasteiger partial charge is 0.311 e. The van der Waals surface area contributed by atoms with E-state index >= 15 is 0 Å². The first kappa shape index (κ1) is 21.4. The lowest BCUT2D eigenvalue weighted by molar-refractivity contribution is 0.757. The van der Waals surface area contributed by atoms with Crippen molar-refractivity contribution >= 4 is 11.2 Å². The average Bonchev–Trinajstić information content (AvgIpc) is 3.26. The number of benzene rings is 2. The number of rotatable bonds is 4. The Balaban J connectivity index is 0.00000119. The van der Waals surface area contributed by atoms with Crippen molar-refractivity contribution in [2.75, 3.05) is 0 Å². The molecule has 3 heterocycles. The highest BCUT2D eigenvalue weighted by atomic mass is 16.1. The first-order valence-electron chi connectivity index (χ1n) is 10.8. The van der Waals surface area contributed by atoms with E-state index in [-0.39, 0.29) is 5.69 Å². The van der Waals surface area contributed by atoms with Gasteiger partial charge in [-0.1, -0.05) is 67.9 Å². The fraction of sp³-hybridized carbons (Fsp3) is 0.240. The Labute approximate surface area is 186 Å². The molecule has 0 atom stereocenters. The van der Waals surface area contributed by atoms with E-state index in [0.29, 0.717) is 35.8 Å². The molecule has 0 fully saturated rings. The third kappa shape index (κ3) is 4.01. The van der Waals surface area contributed by atoms with Gasteiger partial charge in [-0.05, 0) is 30.5 Å². The Hall–Kier alpha value is -3.87. The second kappa shape index (κ2) is 9.09. The van der Waals surface area contributed by atoms with E-state index in [1.165, 1.54) is 17.5 Å². The largest absolute Gasteiger partial charge is 0.350 e.